The minimum atomic E-state index is -0.958. The van der Waals surface area contributed by atoms with E-state index in [-0.39, 0.29) is 11.6 Å². The molecule has 0 amide bonds. The van der Waals surface area contributed by atoms with Gasteiger partial charge in [-0.05, 0) is 48.7 Å². The Morgan fingerprint density at radius 2 is 2.07 bits per heavy atom. The minimum Gasteiger partial charge on any atom is -0.478 e. The maximum atomic E-state index is 11.3. The molecule has 7 heteroatoms. The highest BCUT2D eigenvalue weighted by atomic mass is 16.4. The van der Waals surface area contributed by atoms with E-state index in [2.05, 4.69) is 22.0 Å². The van der Waals surface area contributed by atoms with Gasteiger partial charge >= 0.3 is 5.97 Å². The third-order valence-electron chi connectivity index (χ3n) is 5.06. The van der Waals surface area contributed by atoms with Gasteiger partial charge in [0.1, 0.15) is 0 Å². The molecule has 2 aromatic carbocycles. The number of carboxylic acids is 1. The van der Waals surface area contributed by atoms with E-state index in [9.17, 15) is 9.90 Å². The van der Waals surface area contributed by atoms with Crippen LogP contribution in [0.4, 0.5) is 5.69 Å². The zero-order valence-electron chi connectivity index (χ0n) is 17.1. The van der Waals surface area contributed by atoms with E-state index in [1.165, 1.54) is 6.21 Å². The van der Waals surface area contributed by atoms with Crippen molar-refractivity contribution in [1.82, 2.24) is 10.6 Å². The third kappa shape index (κ3) is 4.46. The summed E-state index contributed by atoms with van der Waals surface area (Å²) in [7, 11) is 1.80. The van der Waals surface area contributed by atoms with Gasteiger partial charge in [0.05, 0.1) is 17.3 Å². The number of carboxylic acid groups (broad SMARTS) is 1. The van der Waals surface area contributed by atoms with Crippen LogP contribution in [0, 0.1) is 5.41 Å². The maximum Gasteiger partial charge on any atom is 0.335 e. The number of aromatic carboxylic acids is 1. The quantitative estimate of drug-likeness (QED) is 0.410. The molecule has 0 saturated carbocycles. The van der Waals surface area contributed by atoms with Gasteiger partial charge < -0.3 is 32.2 Å². The van der Waals surface area contributed by atoms with Crippen LogP contribution in [-0.2, 0) is 0 Å². The van der Waals surface area contributed by atoms with Crippen LogP contribution >= 0.6 is 0 Å². The summed E-state index contributed by atoms with van der Waals surface area (Å²) in [5, 5.41) is 26.9. The molecule has 3 rings (SSSR count). The number of rotatable bonds is 6. The van der Waals surface area contributed by atoms with E-state index in [0.717, 1.165) is 40.1 Å². The number of hydrogen-bond acceptors (Lipinski definition) is 6. The molecular weight excluding hydrogens is 378 g/mol. The third-order valence-corrected chi connectivity index (χ3v) is 5.06. The molecule has 0 bridgehead atoms. The van der Waals surface area contributed by atoms with Crippen molar-refractivity contribution in [1.29, 1.82) is 5.41 Å². The Hall–Kier alpha value is -3.74. The summed E-state index contributed by atoms with van der Waals surface area (Å²) in [6.45, 7) is 2.59. The molecule has 30 heavy (non-hydrogen) atoms. The fourth-order valence-electron chi connectivity index (χ4n) is 3.66. The second-order valence-corrected chi connectivity index (χ2v) is 7.19. The van der Waals surface area contributed by atoms with Gasteiger partial charge in [0.25, 0.3) is 0 Å². The minimum absolute atomic E-state index is 0.0603. The topological polar surface area (TPSA) is 123 Å². The average Bonchev–Trinajstić information content (AvgIpc) is 2.91. The summed E-state index contributed by atoms with van der Waals surface area (Å²) in [5.74, 6) is -0.958. The number of anilines is 1. The number of nitrogens with two attached hydrogens (primary N) is 1. The van der Waals surface area contributed by atoms with Crippen molar-refractivity contribution in [3.63, 3.8) is 0 Å². The first-order valence-electron chi connectivity index (χ1n) is 9.77. The lowest BCUT2D eigenvalue weighted by Gasteiger charge is -2.22. The van der Waals surface area contributed by atoms with Crippen molar-refractivity contribution >= 4 is 29.1 Å². The zero-order valence-corrected chi connectivity index (χ0v) is 17.1. The molecule has 1 unspecified atom stereocenters. The molecule has 1 atom stereocenters. The van der Waals surface area contributed by atoms with Crippen LogP contribution < -0.4 is 21.7 Å². The predicted octanol–water partition coefficient (Wildman–Crippen LogP) is 3.39. The largest absolute Gasteiger partial charge is 0.478 e. The molecule has 156 valence electrons. The molecule has 0 radical (unpaired) electrons. The van der Waals surface area contributed by atoms with E-state index < -0.39 is 5.97 Å². The summed E-state index contributed by atoms with van der Waals surface area (Å²) >= 11 is 0. The van der Waals surface area contributed by atoms with Crippen LogP contribution in [0.5, 0.6) is 0 Å². The Morgan fingerprint density at radius 1 is 1.27 bits per heavy atom. The Morgan fingerprint density at radius 3 is 2.73 bits per heavy atom. The Labute approximate surface area is 176 Å². The SMILES string of the molecule is CN/C=C(\C=N)c1ccc2c(c1)C(Nc1cccc(C(=O)O)c1)CCN/C2=C(/C)N. The van der Waals surface area contributed by atoms with Crippen molar-refractivity contribution in [3.05, 3.63) is 76.6 Å². The van der Waals surface area contributed by atoms with Crippen LogP contribution in [0.2, 0.25) is 0 Å². The van der Waals surface area contributed by atoms with Gasteiger partial charge in [0.2, 0.25) is 0 Å². The Balaban J connectivity index is 2.09. The molecular formula is C23H27N5O2. The predicted molar refractivity (Wildman–Crippen MR) is 121 cm³/mol. The zero-order chi connectivity index (χ0) is 21.7. The summed E-state index contributed by atoms with van der Waals surface area (Å²) in [6, 6.07) is 12.8. The van der Waals surface area contributed by atoms with Gasteiger partial charge in [0.15, 0.2) is 0 Å². The molecule has 1 aliphatic heterocycles. The van der Waals surface area contributed by atoms with Crippen LogP contribution in [0.1, 0.15) is 46.4 Å². The lowest BCUT2D eigenvalue weighted by molar-refractivity contribution is 0.0697. The monoisotopic (exact) mass is 405 g/mol. The van der Waals surface area contributed by atoms with Crippen LogP contribution in [0.25, 0.3) is 11.3 Å². The Kier molecular flexibility index (Phi) is 6.41. The molecule has 1 aliphatic rings. The maximum absolute atomic E-state index is 11.3. The Bertz CT molecular complexity index is 1020. The lowest BCUT2D eigenvalue weighted by Crippen LogP contribution is -2.17. The standard InChI is InChI=1S/C23H27N5O2/c1-14(25)22-19-7-6-15(17(12-24)13-26-2)11-20(19)21(8-9-27-22)28-18-5-3-4-16(10-18)23(29)30/h3-7,10-13,21,24,26-28H,8-9,25H2,1-2H3,(H,29,30)/b17-13+,22-14-,24-12?. The molecule has 7 N–H and O–H groups in total. The molecule has 0 saturated heterocycles. The molecule has 1 heterocycles. The van der Waals surface area contributed by atoms with Gasteiger partial charge in [-0.25, -0.2) is 4.79 Å². The summed E-state index contributed by atoms with van der Waals surface area (Å²) < 4.78 is 0. The second kappa shape index (κ2) is 9.17. The first-order chi connectivity index (χ1) is 14.4. The summed E-state index contributed by atoms with van der Waals surface area (Å²) in [5.41, 5.74) is 12.5. The average molecular weight is 406 g/mol. The van der Waals surface area contributed by atoms with Crippen LogP contribution in [-0.4, -0.2) is 30.9 Å². The smallest absolute Gasteiger partial charge is 0.335 e. The van der Waals surface area contributed by atoms with Crippen molar-refractivity contribution in [2.45, 2.75) is 19.4 Å². The fraction of sp³-hybridized carbons (Fsp3) is 0.217. The van der Waals surface area contributed by atoms with Crippen molar-refractivity contribution in [3.8, 4) is 0 Å². The summed E-state index contributed by atoms with van der Waals surface area (Å²) in [4.78, 5) is 11.3. The van der Waals surface area contributed by atoms with Crippen LogP contribution in [0.15, 0.2) is 54.4 Å². The number of allylic oxidation sites excluding steroid dienone is 2. The number of nitrogens with one attached hydrogen (secondary N) is 4. The molecule has 0 aromatic heterocycles. The van der Waals surface area contributed by atoms with Crippen molar-refractivity contribution in [2.75, 3.05) is 18.9 Å². The van der Waals surface area contributed by atoms with E-state index in [1.807, 2.05) is 25.1 Å². The van der Waals surface area contributed by atoms with E-state index in [1.54, 1.807) is 31.4 Å². The number of fused-ring (bicyclic) bond motifs is 1. The van der Waals surface area contributed by atoms with Crippen molar-refractivity contribution in [2.24, 2.45) is 5.73 Å². The highest BCUT2D eigenvalue weighted by Crippen LogP contribution is 2.34. The van der Waals surface area contributed by atoms with Gasteiger partial charge in [0, 0.05) is 48.5 Å². The number of benzene rings is 2. The molecule has 7 nitrogen and oxygen atoms in total. The van der Waals surface area contributed by atoms with Gasteiger partial charge in [-0.2, -0.15) is 0 Å². The number of hydrogen-bond donors (Lipinski definition) is 6. The molecule has 0 fully saturated rings. The normalized spacial score (nSPS) is 17.8. The lowest BCUT2D eigenvalue weighted by atomic mass is 9.92. The second-order valence-electron chi connectivity index (χ2n) is 7.19. The van der Waals surface area contributed by atoms with Crippen molar-refractivity contribution < 1.29 is 9.90 Å². The van der Waals surface area contributed by atoms with E-state index in [0.29, 0.717) is 12.2 Å². The van der Waals surface area contributed by atoms with Gasteiger partial charge in [-0.1, -0.05) is 18.2 Å². The van der Waals surface area contributed by atoms with Gasteiger partial charge in [-0.15, -0.1) is 0 Å². The fourth-order valence-corrected chi connectivity index (χ4v) is 3.66. The van der Waals surface area contributed by atoms with E-state index >= 15 is 0 Å². The molecule has 0 aliphatic carbocycles. The number of carbonyl (C=O) groups is 1. The van der Waals surface area contributed by atoms with E-state index in [4.69, 9.17) is 11.1 Å². The molecule has 0 spiro atoms. The first kappa shape index (κ1) is 21.0. The highest BCUT2D eigenvalue weighted by Gasteiger charge is 2.23. The van der Waals surface area contributed by atoms with Crippen LogP contribution in [0.3, 0.4) is 0 Å². The molecule has 2 aromatic rings. The highest BCUT2D eigenvalue weighted by molar-refractivity contribution is 6.08. The first-order valence-corrected chi connectivity index (χ1v) is 9.77. The van der Waals surface area contributed by atoms with Gasteiger partial charge in [-0.3, -0.25) is 0 Å². The summed E-state index contributed by atoms with van der Waals surface area (Å²) in [6.07, 6.45) is 3.88.